The highest BCUT2D eigenvalue weighted by Crippen LogP contribution is 2.22. The van der Waals surface area contributed by atoms with E-state index in [1.165, 1.54) is 11.4 Å². The number of aliphatic hydroxyl groups is 1. The SMILES string of the molecule is CN(C1CCC(O)CC1)S(N)(=O)=O. The molecule has 0 bridgehead atoms. The van der Waals surface area contributed by atoms with Gasteiger partial charge in [0.25, 0.3) is 10.2 Å². The molecule has 0 aromatic carbocycles. The maximum absolute atomic E-state index is 11.0. The van der Waals surface area contributed by atoms with Gasteiger partial charge in [0.05, 0.1) is 6.10 Å². The van der Waals surface area contributed by atoms with Crippen LogP contribution in [0.4, 0.5) is 0 Å². The fourth-order valence-electron chi connectivity index (χ4n) is 1.63. The molecule has 13 heavy (non-hydrogen) atoms. The molecule has 0 saturated heterocycles. The molecule has 5 nitrogen and oxygen atoms in total. The van der Waals surface area contributed by atoms with Crippen molar-refractivity contribution in [2.45, 2.75) is 37.8 Å². The molecule has 1 aliphatic carbocycles. The summed E-state index contributed by atoms with van der Waals surface area (Å²) in [4.78, 5) is 0. The topological polar surface area (TPSA) is 83.6 Å². The summed E-state index contributed by atoms with van der Waals surface area (Å²) in [6.07, 6.45) is 2.42. The average molecular weight is 208 g/mol. The summed E-state index contributed by atoms with van der Waals surface area (Å²) in [7, 11) is -2.08. The molecule has 0 aromatic rings. The minimum absolute atomic E-state index is 0.0431. The summed E-state index contributed by atoms with van der Waals surface area (Å²) in [6, 6.07) is -0.0431. The molecule has 1 saturated carbocycles. The van der Waals surface area contributed by atoms with E-state index in [2.05, 4.69) is 0 Å². The lowest BCUT2D eigenvalue weighted by atomic mass is 9.93. The van der Waals surface area contributed by atoms with Gasteiger partial charge in [0.2, 0.25) is 0 Å². The van der Waals surface area contributed by atoms with Crippen molar-refractivity contribution in [2.24, 2.45) is 5.14 Å². The summed E-state index contributed by atoms with van der Waals surface area (Å²) in [6.45, 7) is 0. The molecule has 0 unspecified atom stereocenters. The van der Waals surface area contributed by atoms with Crippen LogP contribution in [0.1, 0.15) is 25.7 Å². The molecular weight excluding hydrogens is 192 g/mol. The Morgan fingerprint density at radius 3 is 2.15 bits per heavy atom. The molecule has 0 amide bonds. The van der Waals surface area contributed by atoms with E-state index in [0.29, 0.717) is 25.7 Å². The van der Waals surface area contributed by atoms with Crippen LogP contribution in [0.5, 0.6) is 0 Å². The zero-order valence-corrected chi connectivity index (χ0v) is 8.50. The highest BCUT2D eigenvalue weighted by Gasteiger charge is 2.27. The maximum atomic E-state index is 11.0. The second kappa shape index (κ2) is 3.91. The van der Waals surface area contributed by atoms with Gasteiger partial charge in [0.15, 0.2) is 0 Å². The molecule has 0 aromatic heterocycles. The molecule has 6 heteroatoms. The van der Waals surface area contributed by atoms with E-state index in [1.54, 1.807) is 0 Å². The second-order valence-corrected chi connectivity index (χ2v) is 5.13. The third-order valence-electron chi connectivity index (χ3n) is 2.58. The quantitative estimate of drug-likeness (QED) is 0.637. The molecule has 0 atom stereocenters. The fraction of sp³-hybridized carbons (Fsp3) is 1.00. The van der Waals surface area contributed by atoms with Gasteiger partial charge in [-0.15, -0.1) is 0 Å². The monoisotopic (exact) mass is 208 g/mol. The molecule has 0 radical (unpaired) electrons. The zero-order chi connectivity index (χ0) is 10.1. The molecule has 1 aliphatic rings. The number of nitrogens with zero attached hydrogens (tertiary/aromatic N) is 1. The van der Waals surface area contributed by atoms with E-state index < -0.39 is 10.2 Å². The van der Waals surface area contributed by atoms with Crippen molar-refractivity contribution >= 4 is 10.2 Å². The van der Waals surface area contributed by atoms with Gasteiger partial charge in [0, 0.05) is 13.1 Å². The number of aliphatic hydroxyl groups excluding tert-OH is 1. The van der Waals surface area contributed by atoms with Gasteiger partial charge in [-0.25, -0.2) is 5.14 Å². The van der Waals surface area contributed by atoms with Crippen LogP contribution in [0.25, 0.3) is 0 Å². The standard InChI is InChI=1S/C7H16N2O3S/c1-9(13(8,11)12)6-2-4-7(10)5-3-6/h6-7,10H,2-5H2,1H3,(H2,8,11,12). The average Bonchev–Trinajstić information content (AvgIpc) is 2.03. The first kappa shape index (κ1) is 10.9. The first-order chi connectivity index (χ1) is 5.91. The molecule has 0 spiro atoms. The lowest BCUT2D eigenvalue weighted by molar-refractivity contribution is 0.104. The van der Waals surface area contributed by atoms with Crippen LogP contribution in [0, 0.1) is 0 Å². The number of nitrogens with two attached hydrogens (primary N) is 1. The highest BCUT2D eigenvalue weighted by atomic mass is 32.2. The van der Waals surface area contributed by atoms with E-state index in [0.717, 1.165) is 0 Å². The van der Waals surface area contributed by atoms with Gasteiger partial charge in [-0.2, -0.15) is 12.7 Å². The third-order valence-corrected chi connectivity index (χ3v) is 3.68. The van der Waals surface area contributed by atoms with E-state index >= 15 is 0 Å². The predicted molar refractivity (Wildman–Crippen MR) is 49.1 cm³/mol. The first-order valence-corrected chi connectivity index (χ1v) is 5.85. The van der Waals surface area contributed by atoms with E-state index in [4.69, 9.17) is 5.14 Å². The highest BCUT2D eigenvalue weighted by molar-refractivity contribution is 7.86. The van der Waals surface area contributed by atoms with Crippen molar-refractivity contribution < 1.29 is 13.5 Å². The number of hydrogen-bond donors (Lipinski definition) is 2. The molecule has 1 rings (SSSR count). The number of hydrogen-bond acceptors (Lipinski definition) is 3. The molecule has 1 fully saturated rings. The molecular formula is C7H16N2O3S. The van der Waals surface area contributed by atoms with E-state index in [1.807, 2.05) is 0 Å². The summed E-state index contributed by atoms with van der Waals surface area (Å²) in [5, 5.41) is 14.2. The normalized spacial score (nSPS) is 30.8. The predicted octanol–water partition coefficient (Wildman–Crippen LogP) is -0.575. The van der Waals surface area contributed by atoms with Crippen LogP contribution in [0.15, 0.2) is 0 Å². The van der Waals surface area contributed by atoms with Crippen LogP contribution in [-0.4, -0.2) is 37.0 Å². The Morgan fingerprint density at radius 2 is 1.77 bits per heavy atom. The summed E-state index contributed by atoms with van der Waals surface area (Å²) < 4.78 is 23.1. The minimum atomic E-state index is -3.57. The Bertz CT molecular complexity index is 257. The van der Waals surface area contributed by atoms with Crippen LogP contribution >= 0.6 is 0 Å². The van der Waals surface area contributed by atoms with E-state index in [9.17, 15) is 13.5 Å². The summed E-state index contributed by atoms with van der Waals surface area (Å²) in [5.41, 5.74) is 0. The Hall–Kier alpha value is -0.170. The molecule has 78 valence electrons. The minimum Gasteiger partial charge on any atom is -0.393 e. The third kappa shape index (κ3) is 2.91. The maximum Gasteiger partial charge on any atom is 0.276 e. The molecule has 0 aliphatic heterocycles. The smallest absolute Gasteiger partial charge is 0.276 e. The van der Waals surface area contributed by atoms with Gasteiger partial charge in [-0.1, -0.05) is 0 Å². The molecule has 0 heterocycles. The van der Waals surface area contributed by atoms with Crippen molar-refractivity contribution in [3.05, 3.63) is 0 Å². The van der Waals surface area contributed by atoms with Crippen molar-refractivity contribution in [1.29, 1.82) is 0 Å². The van der Waals surface area contributed by atoms with Gasteiger partial charge in [-0.05, 0) is 25.7 Å². The lowest BCUT2D eigenvalue weighted by Gasteiger charge is -2.30. The second-order valence-electron chi connectivity index (χ2n) is 3.52. The fourth-order valence-corrected chi connectivity index (χ4v) is 2.26. The summed E-state index contributed by atoms with van der Waals surface area (Å²) >= 11 is 0. The van der Waals surface area contributed by atoms with Crippen molar-refractivity contribution in [2.75, 3.05) is 7.05 Å². The zero-order valence-electron chi connectivity index (χ0n) is 7.68. The van der Waals surface area contributed by atoms with E-state index in [-0.39, 0.29) is 12.1 Å². The number of rotatable bonds is 2. The van der Waals surface area contributed by atoms with Crippen LogP contribution in [0.2, 0.25) is 0 Å². The largest absolute Gasteiger partial charge is 0.393 e. The van der Waals surface area contributed by atoms with Gasteiger partial charge >= 0.3 is 0 Å². The molecule has 3 N–H and O–H groups in total. The van der Waals surface area contributed by atoms with Crippen LogP contribution < -0.4 is 5.14 Å². The van der Waals surface area contributed by atoms with Crippen molar-refractivity contribution in [3.63, 3.8) is 0 Å². The lowest BCUT2D eigenvalue weighted by Crippen LogP contribution is -2.43. The van der Waals surface area contributed by atoms with Gasteiger partial charge in [0.1, 0.15) is 0 Å². The Kier molecular flexibility index (Phi) is 3.28. The Morgan fingerprint density at radius 1 is 1.31 bits per heavy atom. The Labute approximate surface area is 78.7 Å². The van der Waals surface area contributed by atoms with Crippen LogP contribution in [0.3, 0.4) is 0 Å². The van der Waals surface area contributed by atoms with Gasteiger partial charge in [-0.3, -0.25) is 0 Å². The Balaban J connectivity index is 2.55. The first-order valence-electron chi connectivity index (χ1n) is 4.35. The van der Waals surface area contributed by atoms with Crippen molar-refractivity contribution in [3.8, 4) is 0 Å². The summed E-state index contributed by atoms with van der Waals surface area (Å²) in [5.74, 6) is 0. The van der Waals surface area contributed by atoms with Crippen molar-refractivity contribution in [1.82, 2.24) is 4.31 Å². The van der Waals surface area contributed by atoms with Gasteiger partial charge < -0.3 is 5.11 Å². The van der Waals surface area contributed by atoms with Crippen LogP contribution in [-0.2, 0) is 10.2 Å².